The highest BCUT2D eigenvalue weighted by atomic mass is 35.5. The highest BCUT2D eigenvalue weighted by Gasteiger charge is 2.33. The lowest BCUT2D eigenvalue weighted by Gasteiger charge is -2.15. The van der Waals surface area contributed by atoms with Gasteiger partial charge in [-0.2, -0.15) is 13.2 Å². The van der Waals surface area contributed by atoms with Crippen LogP contribution in [0.4, 0.5) is 28.9 Å². The number of benzene rings is 2. The summed E-state index contributed by atoms with van der Waals surface area (Å²) in [6.45, 7) is 1.74. The van der Waals surface area contributed by atoms with Crippen molar-refractivity contribution in [2.45, 2.75) is 13.1 Å². The van der Waals surface area contributed by atoms with Crippen LogP contribution in [0.25, 0.3) is 0 Å². The van der Waals surface area contributed by atoms with Gasteiger partial charge in [-0.05, 0) is 55.0 Å². The monoisotopic (exact) mass is 362 g/mol. The van der Waals surface area contributed by atoms with E-state index in [1.165, 1.54) is 18.2 Å². The second-order valence-electron chi connectivity index (χ2n) is 4.73. The SMILES string of the molecule is Cc1ccc(F)cc1NC(=S)Nc1ccc(Cl)c(C(F)(F)F)c1. The van der Waals surface area contributed by atoms with E-state index in [0.717, 1.165) is 17.7 Å². The van der Waals surface area contributed by atoms with E-state index in [2.05, 4.69) is 10.6 Å². The summed E-state index contributed by atoms with van der Waals surface area (Å²) in [4.78, 5) is 0. The topological polar surface area (TPSA) is 24.1 Å². The van der Waals surface area contributed by atoms with E-state index in [9.17, 15) is 17.6 Å². The molecular weight excluding hydrogens is 352 g/mol. The molecule has 0 fully saturated rings. The van der Waals surface area contributed by atoms with Gasteiger partial charge in [-0.1, -0.05) is 17.7 Å². The third-order valence-electron chi connectivity index (χ3n) is 2.98. The Labute approximate surface area is 140 Å². The van der Waals surface area contributed by atoms with Crippen molar-refractivity contribution in [2.75, 3.05) is 10.6 Å². The van der Waals surface area contributed by atoms with Crippen molar-refractivity contribution >= 4 is 40.3 Å². The number of nitrogens with one attached hydrogen (secondary N) is 2. The first-order chi connectivity index (χ1) is 10.7. The minimum Gasteiger partial charge on any atom is -0.332 e. The Morgan fingerprint density at radius 1 is 1.09 bits per heavy atom. The molecule has 0 radical (unpaired) electrons. The van der Waals surface area contributed by atoms with Crippen LogP contribution >= 0.6 is 23.8 Å². The Balaban J connectivity index is 2.16. The second kappa shape index (κ2) is 6.72. The van der Waals surface area contributed by atoms with Crippen LogP contribution in [-0.2, 0) is 6.18 Å². The molecule has 0 unspecified atom stereocenters. The second-order valence-corrected chi connectivity index (χ2v) is 5.55. The smallest absolute Gasteiger partial charge is 0.332 e. The van der Waals surface area contributed by atoms with Gasteiger partial charge in [0, 0.05) is 11.4 Å². The van der Waals surface area contributed by atoms with Crippen molar-refractivity contribution in [1.29, 1.82) is 0 Å². The molecule has 122 valence electrons. The lowest BCUT2D eigenvalue weighted by molar-refractivity contribution is -0.137. The van der Waals surface area contributed by atoms with Crippen molar-refractivity contribution in [1.82, 2.24) is 0 Å². The molecule has 2 N–H and O–H groups in total. The molecule has 0 atom stereocenters. The van der Waals surface area contributed by atoms with Gasteiger partial charge in [0.05, 0.1) is 10.6 Å². The molecule has 0 aliphatic carbocycles. The van der Waals surface area contributed by atoms with Crippen molar-refractivity contribution in [3.8, 4) is 0 Å². The molecular formula is C15H11ClF4N2S. The zero-order valence-corrected chi connectivity index (χ0v) is 13.3. The van der Waals surface area contributed by atoms with Crippen LogP contribution in [0.5, 0.6) is 0 Å². The molecule has 0 amide bonds. The van der Waals surface area contributed by atoms with Crippen molar-refractivity contribution in [2.24, 2.45) is 0 Å². The minimum absolute atomic E-state index is 0.0362. The van der Waals surface area contributed by atoms with Crippen LogP contribution in [0.1, 0.15) is 11.1 Å². The van der Waals surface area contributed by atoms with Gasteiger partial charge >= 0.3 is 6.18 Å². The van der Waals surface area contributed by atoms with Gasteiger partial charge in [0.15, 0.2) is 5.11 Å². The van der Waals surface area contributed by atoms with E-state index in [0.29, 0.717) is 5.69 Å². The van der Waals surface area contributed by atoms with E-state index in [1.54, 1.807) is 13.0 Å². The molecule has 0 spiro atoms. The van der Waals surface area contributed by atoms with Crippen LogP contribution in [0.2, 0.25) is 5.02 Å². The predicted octanol–water partition coefficient (Wildman–Crippen LogP) is 5.62. The van der Waals surface area contributed by atoms with Gasteiger partial charge in [0.1, 0.15) is 5.82 Å². The molecule has 0 aromatic heterocycles. The number of rotatable bonds is 2. The highest BCUT2D eigenvalue weighted by Crippen LogP contribution is 2.36. The molecule has 8 heteroatoms. The number of hydrogen-bond donors (Lipinski definition) is 2. The number of thiocarbonyl (C=S) groups is 1. The number of anilines is 2. The minimum atomic E-state index is -4.57. The molecule has 2 rings (SSSR count). The molecule has 0 bridgehead atoms. The van der Waals surface area contributed by atoms with E-state index >= 15 is 0 Å². The lowest BCUT2D eigenvalue weighted by Crippen LogP contribution is -2.20. The maximum Gasteiger partial charge on any atom is 0.417 e. The van der Waals surface area contributed by atoms with Crippen LogP contribution in [0, 0.1) is 12.7 Å². The summed E-state index contributed by atoms with van der Waals surface area (Å²) in [5, 5.41) is 4.99. The number of aryl methyl sites for hydroxylation is 1. The molecule has 2 aromatic carbocycles. The van der Waals surface area contributed by atoms with E-state index < -0.39 is 22.6 Å². The Hall–Kier alpha value is -1.86. The fourth-order valence-corrected chi connectivity index (χ4v) is 2.29. The van der Waals surface area contributed by atoms with Crippen LogP contribution in [-0.4, -0.2) is 5.11 Å². The van der Waals surface area contributed by atoms with Gasteiger partial charge in [-0.25, -0.2) is 4.39 Å². The molecule has 0 saturated heterocycles. The fraction of sp³-hybridized carbons (Fsp3) is 0.133. The van der Waals surface area contributed by atoms with Crippen molar-refractivity contribution in [3.05, 3.63) is 58.4 Å². The lowest BCUT2D eigenvalue weighted by atomic mass is 10.2. The summed E-state index contributed by atoms with van der Waals surface area (Å²) >= 11 is 10.6. The van der Waals surface area contributed by atoms with Crippen LogP contribution < -0.4 is 10.6 Å². The zero-order chi connectivity index (χ0) is 17.2. The summed E-state index contributed by atoms with van der Waals surface area (Å²) in [6, 6.07) is 7.45. The average molecular weight is 363 g/mol. The molecule has 2 nitrogen and oxygen atoms in total. The van der Waals surface area contributed by atoms with Crippen molar-refractivity contribution in [3.63, 3.8) is 0 Å². The van der Waals surface area contributed by atoms with Crippen LogP contribution in [0.3, 0.4) is 0 Å². The summed E-state index contributed by atoms with van der Waals surface area (Å²) in [5.41, 5.74) is 0.317. The molecule has 2 aromatic rings. The van der Waals surface area contributed by atoms with E-state index in [-0.39, 0.29) is 10.8 Å². The largest absolute Gasteiger partial charge is 0.417 e. The average Bonchev–Trinajstić information content (AvgIpc) is 2.44. The summed E-state index contributed by atoms with van der Waals surface area (Å²) < 4.78 is 51.6. The number of halogens is 5. The molecule has 23 heavy (non-hydrogen) atoms. The maximum atomic E-state index is 13.2. The summed E-state index contributed by atoms with van der Waals surface area (Å²) in [6.07, 6.45) is -4.57. The zero-order valence-electron chi connectivity index (χ0n) is 11.8. The van der Waals surface area contributed by atoms with Gasteiger partial charge in [0.2, 0.25) is 0 Å². The number of alkyl halides is 3. The van der Waals surface area contributed by atoms with Gasteiger partial charge in [-0.15, -0.1) is 0 Å². The van der Waals surface area contributed by atoms with Crippen LogP contribution in [0.15, 0.2) is 36.4 Å². The molecule has 0 saturated carbocycles. The molecule has 0 aliphatic rings. The first kappa shape index (κ1) is 17.5. The Kier molecular flexibility index (Phi) is 5.11. The molecule has 0 heterocycles. The van der Waals surface area contributed by atoms with E-state index in [4.69, 9.17) is 23.8 Å². The highest BCUT2D eigenvalue weighted by molar-refractivity contribution is 7.80. The summed E-state index contributed by atoms with van der Waals surface area (Å²) in [7, 11) is 0. The quantitative estimate of drug-likeness (QED) is 0.536. The third kappa shape index (κ3) is 4.56. The first-order valence-corrected chi connectivity index (χ1v) is 7.16. The Morgan fingerprint density at radius 3 is 2.43 bits per heavy atom. The molecule has 0 aliphatic heterocycles. The standard InChI is InChI=1S/C15H11ClF4N2S/c1-8-2-3-9(17)6-13(8)22-14(23)21-10-4-5-12(16)11(7-10)15(18,19)20/h2-7H,1H3,(H2,21,22,23). The van der Waals surface area contributed by atoms with E-state index in [1.807, 2.05) is 0 Å². The number of hydrogen-bond acceptors (Lipinski definition) is 1. The van der Waals surface area contributed by atoms with Crippen molar-refractivity contribution < 1.29 is 17.6 Å². The maximum absolute atomic E-state index is 13.2. The fourth-order valence-electron chi connectivity index (χ4n) is 1.83. The first-order valence-electron chi connectivity index (χ1n) is 6.38. The summed E-state index contributed by atoms with van der Waals surface area (Å²) in [5.74, 6) is -0.452. The van der Waals surface area contributed by atoms with Gasteiger partial charge < -0.3 is 10.6 Å². The Morgan fingerprint density at radius 2 is 1.78 bits per heavy atom. The normalized spacial score (nSPS) is 11.2. The van der Waals surface area contributed by atoms with Gasteiger partial charge in [-0.3, -0.25) is 0 Å². The Bertz CT molecular complexity index is 747. The predicted molar refractivity (Wildman–Crippen MR) is 87.4 cm³/mol. The van der Waals surface area contributed by atoms with Gasteiger partial charge in [0.25, 0.3) is 0 Å². The third-order valence-corrected chi connectivity index (χ3v) is 3.51.